The Labute approximate surface area is 179 Å². The lowest BCUT2D eigenvalue weighted by atomic mass is 10.1. The minimum atomic E-state index is 0.695. The fourth-order valence-electron chi connectivity index (χ4n) is 3.66. The van der Waals surface area contributed by atoms with Gasteiger partial charge in [-0.2, -0.15) is 10.2 Å². The number of imidazole rings is 1. The molecule has 4 heterocycles. The highest BCUT2D eigenvalue weighted by atomic mass is 15.2. The van der Waals surface area contributed by atoms with Crippen LogP contribution in [0.5, 0.6) is 0 Å². The van der Waals surface area contributed by atoms with E-state index in [1.807, 2.05) is 66.9 Å². The van der Waals surface area contributed by atoms with E-state index in [2.05, 4.69) is 37.6 Å². The molecule has 4 aromatic heterocycles. The summed E-state index contributed by atoms with van der Waals surface area (Å²) < 4.78 is 2.00. The molecule has 8 nitrogen and oxygen atoms in total. The first kappa shape index (κ1) is 18.9. The highest BCUT2D eigenvalue weighted by Gasteiger charge is 2.14. The maximum Gasteiger partial charge on any atom is 0.153 e. The number of hydrogen-bond donors (Lipinski definition) is 2. The molecule has 0 amide bonds. The number of aryl methyl sites for hydroxylation is 3. The Morgan fingerprint density at radius 3 is 2.74 bits per heavy atom. The number of pyridine rings is 1. The molecule has 5 rings (SSSR count). The summed E-state index contributed by atoms with van der Waals surface area (Å²) in [6.07, 6.45) is 2.65. The van der Waals surface area contributed by atoms with Gasteiger partial charge in [0.05, 0.1) is 28.1 Å². The van der Waals surface area contributed by atoms with Gasteiger partial charge in [0.2, 0.25) is 0 Å². The summed E-state index contributed by atoms with van der Waals surface area (Å²) in [7, 11) is 0. The Hall–Kier alpha value is -4.07. The first-order chi connectivity index (χ1) is 15.1. The average Bonchev–Trinajstić information content (AvgIpc) is 3.38. The van der Waals surface area contributed by atoms with Crippen molar-refractivity contribution in [2.24, 2.45) is 0 Å². The summed E-state index contributed by atoms with van der Waals surface area (Å²) in [5.41, 5.74) is 7.64. The zero-order valence-corrected chi connectivity index (χ0v) is 17.6. The van der Waals surface area contributed by atoms with Gasteiger partial charge in [-0.1, -0.05) is 13.0 Å². The van der Waals surface area contributed by atoms with Gasteiger partial charge >= 0.3 is 0 Å². The first-order valence-electron chi connectivity index (χ1n) is 10.2. The molecule has 31 heavy (non-hydrogen) atoms. The lowest BCUT2D eigenvalue weighted by Gasteiger charge is -2.08. The Morgan fingerprint density at radius 1 is 1.03 bits per heavy atom. The van der Waals surface area contributed by atoms with E-state index in [9.17, 15) is 0 Å². The monoisotopic (exact) mass is 410 g/mol. The van der Waals surface area contributed by atoms with Gasteiger partial charge in [0.1, 0.15) is 12.1 Å². The van der Waals surface area contributed by atoms with Crippen molar-refractivity contribution in [1.82, 2.24) is 34.9 Å². The topological polar surface area (TPSA) is 97.2 Å². The largest absolute Gasteiger partial charge is 0.339 e. The van der Waals surface area contributed by atoms with Gasteiger partial charge in [-0.05, 0) is 62.7 Å². The molecule has 8 heteroatoms. The lowest BCUT2D eigenvalue weighted by molar-refractivity contribution is 0.962. The van der Waals surface area contributed by atoms with Crippen LogP contribution in [-0.2, 0) is 6.42 Å². The molecule has 2 N–H and O–H groups in total. The minimum Gasteiger partial charge on any atom is -0.339 e. The van der Waals surface area contributed by atoms with Crippen LogP contribution >= 0.6 is 0 Å². The zero-order chi connectivity index (χ0) is 21.4. The molecule has 0 saturated carbocycles. The molecular formula is C23H22N8. The van der Waals surface area contributed by atoms with Crippen molar-refractivity contribution >= 4 is 22.5 Å². The molecule has 0 atom stereocenters. The molecule has 0 bridgehead atoms. The molecule has 154 valence electrons. The van der Waals surface area contributed by atoms with Crippen LogP contribution < -0.4 is 5.32 Å². The maximum absolute atomic E-state index is 4.90. The number of fused-ring (bicyclic) bond motifs is 1. The molecule has 0 fully saturated rings. The van der Waals surface area contributed by atoms with E-state index >= 15 is 0 Å². The Kier molecular flexibility index (Phi) is 4.66. The second-order valence-corrected chi connectivity index (χ2v) is 7.41. The normalized spacial score (nSPS) is 11.2. The Morgan fingerprint density at radius 2 is 1.94 bits per heavy atom. The second kappa shape index (κ2) is 7.64. The average molecular weight is 410 g/mol. The Balaban J connectivity index is 1.50. The lowest BCUT2D eigenvalue weighted by Crippen LogP contribution is -1.99. The number of nitrogens with one attached hydrogen (secondary N) is 2. The third-order valence-electron chi connectivity index (χ3n) is 5.21. The minimum absolute atomic E-state index is 0.695. The summed E-state index contributed by atoms with van der Waals surface area (Å²) in [6.45, 7) is 6.03. The number of H-pyrrole nitrogens is 1. The SMILES string of the molecule is CCc1n[nH]c(C)c1-c1cccc(-n2cnc3cc(Nc4ccc(C)nn4)ccc32)n1. The number of aromatic nitrogens is 7. The van der Waals surface area contributed by atoms with Crippen LogP contribution in [0.25, 0.3) is 28.1 Å². The quantitative estimate of drug-likeness (QED) is 0.442. The smallest absolute Gasteiger partial charge is 0.153 e. The van der Waals surface area contributed by atoms with Crippen molar-refractivity contribution < 1.29 is 0 Å². The highest BCUT2D eigenvalue weighted by Crippen LogP contribution is 2.27. The van der Waals surface area contributed by atoms with Crippen LogP contribution in [0, 0.1) is 13.8 Å². The predicted octanol–water partition coefficient (Wildman–Crippen LogP) is 4.52. The van der Waals surface area contributed by atoms with Crippen LogP contribution in [0.3, 0.4) is 0 Å². The van der Waals surface area contributed by atoms with E-state index in [0.717, 1.165) is 57.3 Å². The van der Waals surface area contributed by atoms with Crippen molar-refractivity contribution in [2.75, 3.05) is 5.32 Å². The second-order valence-electron chi connectivity index (χ2n) is 7.41. The van der Waals surface area contributed by atoms with Gasteiger partial charge in [-0.25, -0.2) is 9.97 Å². The van der Waals surface area contributed by atoms with Gasteiger partial charge < -0.3 is 5.32 Å². The number of benzene rings is 1. The third-order valence-corrected chi connectivity index (χ3v) is 5.21. The first-order valence-corrected chi connectivity index (χ1v) is 10.2. The maximum atomic E-state index is 4.90. The van der Waals surface area contributed by atoms with Gasteiger partial charge in [-0.3, -0.25) is 9.67 Å². The molecular weight excluding hydrogens is 388 g/mol. The van der Waals surface area contributed by atoms with Gasteiger partial charge in [0.15, 0.2) is 5.82 Å². The van der Waals surface area contributed by atoms with Crippen LogP contribution in [0.2, 0.25) is 0 Å². The van der Waals surface area contributed by atoms with Crippen molar-refractivity contribution in [2.45, 2.75) is 27.2 Å². The summed E-state index contributed by atoms with van der Waals surface area (Å²) in [6, 6.07) is 15.9. The standard InChI is InChI=1S/C23H22N8/c1-4-17-23(15(3)28-29-17)18-6-5-7-22(26-18)31-13-24-19-12-16(9-10-20(19)31)25-21-11-8-14(2)27-30-21/h5-13H,4H2,1-3H3,(H,25,30)(H,28,29). The molecule has 0 spiro atoms. The van der Waals surface area contributed by atoms with Crippen LogP contribution in [-0.4, -0.2) is 34.9 Å². The van der Waals surface area contributed by atoms with Crippen molar-refractivity contribution in [1.29, 1.82) is 0 Å². The van der Waals surface area contributed by atoms with E-state index < -0.39 is 0 Å². The Bertz CT molecular complexity index is 1360. The molecule has 5 aromatic rings. The summed E-state index contributed by atoms with van der Waals surface area (Å²) >= 11 is 0. The van der Waals surface area contributed by atoms with Crippen LogP contribution in [0.4, 0.5) is 11.5 Å². The molecule has 1 aromatic carbocycles. The van der Waals surface area contributed by atoms with Crippen molar-refractivity contribution in [3.8, 4) is 17.1 Å². The summed E-state index contributed by atoms with van der Waals surface area (Å²) in [5, 5.41) is 19.0. The number of hydrogen-bond acceptors (Lipinski definition) is 6. The van der Waals surface area contributed by atoms with Gasteiger partial charge in [-0.15, -0.1) is 5.10 Å². The van der Waals surface area contributed by atoms with Crippen LogP contribution in [0.1, 0.15) is 24.0 Å². The number of nitrogens with zero attached hydrogens (tertiary/aromatic N) is 6. The third kappa shape index (κ3) is 3.52. The van der Waals surface area contributed by atoms with E-state index in [0.29, 0.717) is 5.82 Å². The van der Waals surface area contributed by atoms with E-state index in [1.165, 1.54) is 0 Å². The van der Waals surface area contributed by atoms with Crippen LogP contribution in [0.15, 0.2) is 54.9 Å². The molecule has 0 unspecified atom stereocenters. The van der Waals surface area contributed by atoms with Gasteiger partial charge in [0, 0.05) is 16.9 Å². The molecule has 0 saturated heterocycles. The summed E-state index contributed by atoms with van der Waals surface area (Å²) in [4.78, 5) is 9.49. The van der Waals surface area contributed by atoms with Crippen molar-refractivity contribution in [3.05, 3.63) is 71.9 Å². The van der Waals surface area contributed by atoms with E-state index in [1.54, 1.807) is 6.33 Å². The molecule has 0 aliphatic carbocycles. The zero-order valence-electron chi connectivity index (χ0n) is 17.6. The number of anilines is 2. The van der Waals surface area contributed by atoms with E-state index in [4.69, 9.17) is 4.98 Å². The molecule has 0 aliphatic heterocycles. The predicted molar refractivity (Wildman–Crippen MR) is 121 cm³/mol. The number of rotatable bonds is 5. The molecule has 0 aliphatic rings. The molecule has 0 radical (unpaired) electrons. The van der Waals surface area contributed by atoms with Crippen molar-refractivity contribution in [3.63, 3.8) is 0 Å². The van der Waals surface area contributed by atoms with E-state index in [-0.39, 0.29) is 0 Å². The summed E-state index contributed by atoms with van der Waals surface area (Å²) in [5.74, 6) is 1.51. The fraction of sp³-hybridized carbons (Fsp3) is 0.174. The number of aromatic amines is 1. The van der Waals surface area contributed by atoms with Gasteiger partial charge in [0.25, 0.3) is 0 Å². The fourth-order valence-corrected chi connectivity index (χ4v) is 3.66. The highest BCUT2D eigenvalue weighted by molar-refractivity contribution is 5.82.